The summed E-state index contributed by atoms with van der Waals surface area (Å²) >= 11 is 5.96. The number of rotatable bonds is 5. The molecule has 0 spiro atoms. The van der Waals surface area contributed by atoms with Gasteiger partial charge in [-0.3, -0.25) is 9.78 Å². The topological polar surface area (TPSA) is 142 Å². The summed E-state index contributed by atoms with van der Waals surface area (Å²) in [6, 6.07) is 0.0594. The van der Waals surface area contributed by atoms with Gasteiger partial charge in [0.05, 0.1) is 34.6 Å². The first-order valence-electron chi connectivity index (χ1n) is 12.9. The third-order valence-corrected chi connectivity index (χ3v) is 10.6. The van der Waals surface area contributed by atoms with E-state index in [9.17, 15) is 13.2 Å². The Kier molecular flexibility index (Phi) is 6.81. The van der Waals surface area contributed by atoms with Crippen LogP contribution in [0.15, 0.2) is 24.8 Å². The molecule has 1 amide bonds. The number of nitrogens with two attached hydrogens (primary N) is 1. The fourth-order valence-corrected chi connectivity index (χ4v) is 8.22. The van der Waals surface area contributed by atoms with Gasteiger partial charge < -0.3 is 20.9 Å². The van der Waals surface area contributed by atoms with Crippen molar-refractivity contribution in [2.24, 2.45) is 0 Å². The van der Waals surface area contributed by atoms with E-state index in [4.69, 9.17) is 17.3 Å². The fraction of sp³-hybridized carbons (Fsp3) is 0.500. The number of sulfonamides is 1. The van der Waals surface area contributed by atoms with E-state index in [1.807, 2.05) is 0 Å². The molecule has 4 saturated heterocycles. The van der Waals surface area contributed by atoms with Gasteiger partial charge in [0.25, 0.3) is 5.91 Å². The van der Waals surface area contributed by atoms with Gasteiger partial charge in [0.1, 0.15) is 11.3 Å². The van der Waals surface area contributed by atoms with Crippen LogP contribution < -0.4 is 16.0 Å². The second-order valence-electron chi connectivity index (χ2n) is 10.2. The average Bonchev–Trinajstić information content (AvgIpc) is 3.04. The van der Waals surface area contributed by atoms with Gasteiger partial charge in [-0.25, -0.2) is 22.3 Å². The van der Waals surface area contributed by atoms with Gasteiger partial charge in [-0.15, -0.1) is 5.10 Å². The van der Waals surface area contributed by atoms with Crippen molar-refractivity contribution in [2.75, 3.05) is 55.2 Å². The number of hydrogen-bond donors (Lipinski definition) is 2. The van der Waals surface area contributed by atoms with E-state index >= 15 is 4.39 Å². The van der Waals surface area contributed by atoms with Crippen LogP contribution in [-0.4, -0.2) is 93.7 Å². The smallest absolute Gasteiger partial charge is 0.263 e. The van der Waals surface area contributed by atoms with Gasteiger partial charge in [0, 0.05) is 38.4 Å². The molecule has 0 aromatic carbocycles. The Bertz CT molecular complexity index is 1520. The minimum atomic E-state index is -3.48. The molecule has 0 unspecified atom stereocenters. The van der Waals surface area contributed by atoms with E-state index in [-0.39, 0.29) is 34.4 Å². The van der Waals surface area contributed by atoms with Crippen LogP contribution in [-0.2, 0) is 10.0 Å². The highest BCUT2D eigenvalue weighted by Crippen LogP contribution is 2.34. The molecule has 12 nitrogen and oxygen atoms in total. The molecule has 3 N–H and O–H groups in total. The van der Waals surface area contributed by atoms with Crippen LogP contribution in [0.25, 0.3) is 5.65 Å². The first-order chi connectivity index (χ1) is 18.7. The summed E-state index contributed by atoms with van der Waals surface area (Å²) in [6.07, 6.45) is 7.71. The third-order valence-electron chi connectivity index (χ3n) is 7.92. The molecule has 2 bridgehead atoms. The highest BCUT2D eigenvalue weighted by atomic mass is 35.5. The minimum Gasteiger partial charge on any atom is -0.381 e. The molecule has 208 valence electrons. The van der Waals surface area contributed by atoms with Crippen LogP contribution in [0.5, 0.6) is 0 Å². The SMILES string of the molecule is Nc1nn2cc(Cl)cnc2c1C(=O)Nc1cncc(F)c1N1CCC(S(=O)(=O)N2CCN3CCC2CC3)CC1. The molecular weight excluding hydrogens is 549 g/mol. The number of halogens is 2. The molecule has 15 heteroatoms. The van der Waals surface area contributed by atoms with E-state index in [0.717, 1.165) is 38.7 Å². The maximum Gasteiger partial charge on any atom is 0.263 e. The van der Waals surface area contributed by atoms with Crippen LogP contribution in [0.3, 0.4) is 0 Å². The number of fused-ring (bicyclic) bond motifs is 5. The lowest BCUT2D eigenvalue weighted by molar-refractivity contribution is 0.102. The van der Waals surface area contributed by atoms with Crippen molar-refractivity contribution < 1.29 is 17.6 Å². The van der Waals surface area contributed by atoms with Crippen molar-refractivity contribution >= 4 is 50.4 Å². The van der Waals surface area contributed by atoms with Crippen LogP contribution in [0.1, 0.15) is 36.0 Å². The molecule has 0 atom stereocenters. The van der Waals surface area contributed by atoms with Gasteiger partial charge in [0.15, 0.2) is 17.3 Å². The van der Waals surface area contributed by atoms with Gasteiger partial charge in [-0.05, 0) is 38.8 Å². The molecule has 0 radical (unpaired) electrons. The quantitative estimate of drug-likeness (QED) is 0.464. The van der Waals surface area contributed by atoms with Gasteiger partial charge >= 0.3 is 0 Å². The zero-order chi connectivity index (χ0) is 27.3. The monoisotopic (exact) mass is 577 g/mol. The Morgan fingerprint density at radius 3 is 2.54 bits per heavy atom. The molecule has 3 aromatic rings. The Labute approximate surface area is 230 Å². The summed E-state index contributed by atoms with van der Waals surface area (Å²) in [5.74, 6) is -1.31. The standard InChI is InChI=1S/C24H29ClFN9O3S/c25-15-11-29-23-20(22(27)31-34(23)14-15)24(36)30-19-13-28-12-18(26)21(19)33-7-3-17(4-8-33)39(37,38)35-10-9-32-5-1-16(35)2-6-32/h11-14,16-17H,1-10H2,(H2,27,31)(H,30,36). The van der Waals surface area contributed by atoms with Crippen LogP contribution >= 0.6 is 11.6 Å². The van der Waals surface area contributed by atoms with E-state index in [0.29, 0.717) is 37.5 Å². The molecule has 3 aromatic heterocycles. The highest BCUT2D eigenvalue weighted by molar-refractivity contribution is 7.89. The van der Waals surface area contributed by atoms with Crippen molar-refractivity contribution in [3.8, 4) is 0 Å². The molecule has 4 fully saturated rings. The summed E-state index contributed by atoms with van der Waals surface area (Å²) < 4.78 is 45.4. The number of carbonyl (C=O) groups excluding carboxylic acids is 1. The molecule has 4 aliphatic rings. The lowest BCUT2D eigenvalue weighted by Crippen LogP contribution is -2.49. The number of carbonyl (C=O) groups is 1. The van der Waals surface area contributed by atoms with Crippen LogP contribution in [0.2, 0.25) is 5.02 Å². The predicted octanol–water partition coefficient (Wildman–Crippen LogP) is 1.83. The maximum atomic E-state index is 15.1. The van der Waals surface area contributed by atoms with Crippen molar-refractivity contribution in [2.45, 2.75) is 37.0 Å². The number of pyridine rings is 1. The summed E-state index contributed by atoms with van der Waals surface area (Å²) in [5, 5.41) is 6.57. The number of aromatic nitrogens is 4. The second-order valence-corrected chi connectivity index (χ2v) is 12.8. The van der Waals surface area contributed by atoms with Gasteiger partial charge in [-0.1, -0.05) is 11.6 Å². The third kappa shape index (κ3) is 4.79. The Morgan fingerprint density at radius 2 is 1.79 bits per heavy atom. The lowest BCUT2D eigenvalue weighted by atomic mass is 10.1. The van der Waals surface area contributed by atoms with E-state index in [1.54, 1.807) is 9.21 Å². The summed E-state index contributed by atoms with van der Waals surface area (Å²) in [7, 11) is -3.48. The molecule has 7 rings (SSSR count). The van der Waals surface area contributed by atoms with Crippen LogP contribution in [0, 0.1) is 5.82 Å². The number of amides is 1. The predicted molar refractivity (Wildman–Crippen MR) is 145 cm³/mol. The van der Waals surface area contributed by atoms with Crippen molar-refractivity contribution in [1.82, 2.24) is 28.8 Å². The van der Waals surface area contributed by atoms with Crippen molar-refractivity contribution in [3.05, 3.63) is 41.2 Å². The first-order valence-corrected chi connectivity index (χ1v) is 14.8. The number of nitrogens with zero attached hydrogens (tertiary/aromatic N) is 7. The summed E-state index contributed by atoms with van der Waals surface area (Å²) in [4.78, 5) is 25.4. The summed E-state index contributed by atoms with van der Waals surface area (Å²) in [6.45, 7) is 3.80. The second kappa shape index (κ2) is 10.2. The highest BCUT2D eigenvalue weighted by Gasteiger charge is 2.41. The molecule has 39 heavy (non-hydrogen) atoms. The van der Waals surface area contributed by atoms with Gasteiger partial charge in [-0.2, -0.15) is 4.31 Å². The molecule has 4 aliphatic heterocycles. The molecular formula is C24H29ClFN9O3S. The first kappa shape index (κ1) is 26.2. The van der Waals surface area contributed by atoms with Crippen LogP contribution in [0.4, 0.5) is 21.6 Å². The lowest BCUT2D eigenvalue weighted by Gasteiger charge is -2.38. The largest absolute Gasteiger partial charge is 0.381 e. The van der Waals surface area contributed by atoms with Crippen molar-refractivity contribution in [1.29, 1.82) is 0 Å². The Hall–Kier alpha value is -3.07. The summed E-state index contributed by atoms with van der Waals surface area (Å²) in [5.41, 5.74) is 6.50. The number of nitrogens with one attached hydrogen (secondary N) is 1. The van der Waals surface area contributed by atoms with Gasteiger partial charge in [0.2, 0.25) is 10.0 Å². The Balaban J connectivity index is 1.20. The number of nitrogen functional groups attached to an aromatic ring is 1. The number of anilines is 3. The molecule has 7 heterocycles. The molecule has 0 saturated carbocycles. The number of piperidine rings is 2. The normalized spacial score (nSPS) is 22.8. The maximum absolute atomic E-state index is 15.1. The Morgan fingerprint density at radius 1 is 1.05 bits per heavy atom. The van der Waals surface area contributed by atoms with E-state index in [2.05, 4.69) is 25.3 Å². The van der Waals surface area contributed by atoms with E-state index in [1.165, 1.54) is 23.1 Å². The van der Waals surface area contributed by atoms with E-state index < -0.39 is 27.0 Å². The van der Waals surface area contributed by atoms with Crippen molar-refractivity contribution in [3.63, 3.8) is 0 Å². The zero-order valence-corrected chi connectivity index (χ0v) is 22.7. The average molecular weight is 578 g/mol. The zero-order valence-electron chi connectivity index (χ0n) is 21.1. The fourth-order valence-electron chi connectivity index (χ4n) is 5.93. The molecule has 0 aliphatic carbocycles. The number of hydrogen-bond acceptors (Lipinski definition) is 9. The minimum absolute atomic E-state index is 0.0228.